The average Bonchev–Trinajstić information content (AvgIpc) is 2.83. The van der Waals surface area contributed by atoms with E-state index in [2.05, 4.69) is 44.2 Å². The molecule has 0 unspecified atom stereocenters. The van der Waals surface area contributed by atoms with Crippen molar-refractivity contribution in [1.82, 2.24) is 0 Å². The molecule has 1 aliphatic heterocycles. The molecule has 0 bridgehead atoms. The summed E-state index contributed by atoms with van der Waals surface area (Å²) in [6, 6.07) is 8.89. The highest BCUT2D eigenvalue weighted by molar-refractivity contribution is 8.24. The largest absolute Gasteiger partial charge is 0.230 e. The van der Waals surface area contributed by atoms with Crippen molar-refractivity contribution in [3.63, 3.8) is 0 Å². The van der Waals surface area contributed by atoms with E-state index in [4.69, 9.17) is 0 Å². The molecular weight excluding hydrogens is 212 g/mol. The smallest absolute Gasteiger partial charge is 0.0112 e. The van der Waals surface area contributed by atoms with E-state index in [9.17, 15) is 0 Å². The van der Waals surface area contributed by atoms with Gasteiger partial charge in [0.25, 0.3) is 0 Å². The molecule has 1 aliphatic rings. The van der Waals surface area contributed by atoms with Gasteiger partial charge in [-0.1, -0.05) is 37.3 Å². The second-order valence-electron chi connectivity index (χ2n) is 4.48. The van der Waals surface area contributed by atoms with Crippen LogP contribution in [0, 0.1) is 0 Å². The standard InChI is InChI=1S/C15H22S/c1-3-8-14-9-4-5-10-15(14)13(2)16-11-6-7-12-16/h4-5,8-10,16H,3,6-7,11-12H2,1-2H3/b14-8-,15-13+. The van der Waals surface area contributed by atoms with Crippen molar-refractivity contribution in [3.05, 3.63) is 34.7 Å². The lowest BCUT2D eigenvalue weighted by Crippen LogP contribution is -2.26. The summed E-state index contributed by atoms with van der Waals surface area (Å²) in [4.78, 5) is 1.67. The van der Waals surface area contributed by atoms with Gasteiger partial charge in [0.05, 0.1) is 0 Å². The van der Waals surface area contributed by atoms with Crippen LogP contribution in [0.4, 0.5) is 0 Å². The van der Waals surface area contributed by atoms with E-state index in [1.54, 1.807) is 4.91 Å². The molecular formula is C15H22S. The van der Waals surface area contributed by atoms with Crippen LogP contribution in [0.1, 0.15) is 33.1 Å². The van der Waals surface area contributed by atoms with Crippen LogP contribution in [0.3, 0.4) is 0 Å². The van der Waals surface area contributed by atoms with Crippen molar-refractivity contribution in [3.8, 4) is 0 Å². The first kappa shape index (κ1) is 11.8. The number of hydrogen-bond donors (Lipinski definition) is 1. The monoisotopic (exact) mass is 234 g/mol. The zero-order valence-corrected chi connectivity index (χ0v) is 11.3. The Morgan fingerprint density at radius 3 is 2.62 bits per heavy atom. The van der Waals surface area contributed by atoms with Crippen molar-refractivity contribution in [2.24, 2.45) is 0 Å². The predicted octanol–water partition coefficient (Wildman–Crippen LogP) is 2.80. The predicted molar refractivity (Wildman–Crippen MR) is 77.5 cm³/mol. The SMILES string of the molecule is CC/C=c1/cccc/c1=C(/C)[SH]1CCCC1. The van der Waals surface area contributed by atoms with Crippen LogP contribution in [-0.4, -0.2) is 11.5 Å². The van der Waals surface area contributed by atoms with Crippen LogP contribution in [0.15, 0.2) is 24.3 Å². The van der Waals surface area contributed by atoms with E-state index in [1.165, 1.54) is 34.8 Å². The third kappa shape index (κ3) is 2.52. The lowest BCUT2D eigenvalue weighted by Gasteiger charge is -2.15. The molecule has 1 saturated heterocycles. The molecule has 0 atom stereocenters. The maximum absolute atomic E-state index is 2.36. The van der Waals surface area contributed by atoms with Crippen LogP contribution < -0.4 is 10.4 Å². The maximum atomic E-state index is 2.36. The van der Waals surface area contributed by atoms with Gasteiger partial charge in [0.2, 0.25) is 0 Å². The quantitative estimate of drug-likeness (QED) is 0.748. The lowest BCUT2D eigenvalue weighted by atomic mass is 10.2. The Morgan fingerprint density at radius 2 is 1.94 bits per heavy atom. The molecule has 88 valence electrons. The molecule has 0 amide bonds. The summed E-state index contributed by atoms with van der Waals surface area (Å²) in [5.41, 5.74) is 0. The molecule has 0 N–H and O–H groups in total. The first-order chi connectivity index (χ1) is 7.83. The van der Waals surface area contributed by atoms with Gasteiger partial charge in [-0.15, -0.1) is 0 Å². The van der Waals surface area contributed by atoms with E-state index in [0.29, 0.717) is 0 Å². The molecule has 0 spiro atoms. The number of thiol groups is 1. The molecule has 1 fully saturated rings. The minimum absolute atomic E-state index is 0.187. The summed E-state index contributed by atoms with van der Waals surface area (Å²) >= 11 is 0. The minimum atomic E-state index is 0.187. The Balaban J connectivity index is 2.52. The fourth-order valence-electron chi connectivity index (χ4n) is 2.45. The van der Waals surface area contributed by atoms with Gasteiger partial charge < -0.3 is 0 Å². The summed E-state index contributed by atoms with van der Waals surface area (Å²) in [6.07, 6.45) is 6.37. The highest BCUT2D eigenvalue weighted by Crippen LogP contribution is 2.41. The zero-order chi connectivity index (χ0) is 11.4. The Hall–Kier alpha value is -0.690. The summed E-state index contributed by atoms with van der Waals surface area (Å²) < 4.78 is 0. The van der Waals surface area contributed by atoms with Crippen LogP contribution in [0.5, 0.6) is 0 Å². The van der Waals surface area contributed by atoms with Crippen molar-refractivity contribution < 1.29 is 0 Å². The molecule has 16 heavy (non-hydrogen) atoms. The van der Waals surface area contributed by atoms with Gasteiger partial charge in [0, 0.05) is 0 Å². The number of hydrogen-bond acceptors (Lipinski definition) is 0. The zero-order valence-electron chi connectivity index (χ0n) is 10.4. The molecule has 1 heteroatoms. The van der Waals surface area contributed by atoms with E-state index in [1.807, 2.05) is 0 Å². The molecule has 0 saturated carbocycles. The van der Waals surface area contributed by atoms with Crippen LogP contribution in [0.2, 0.25) is 0 Å². The first-order valence-electron chi connectivity index (χ1n) is 6.34. The number of rotatable bonds is 2. The second-order valence-corrected chi connectivity index (χ2v) is 7.12. The van der Waals surface area contributed by atoms with Crippen LogP contribution in [-0.2, 0) is 0 Å². The molecule has 1 aromatic carbocycles. The summed E-state index contributed by atoms with van der Waals surface area (Å²) in [5.74, 6) is 2.92. The van der Waals surface area contributed by atoms with Crippen molar-refractivity contribution in [2.75, 3.05) is 11.5 Å². The van der Waals surface area contributed by atoms with Gasteiger partial charge in [0.15, 0.2) is 0 Å². The van der Waals surface area contributed by atoms with Crippen molar-refractivity contribution in [2.45, 2.75) is 33.1 Å². The summed E-state index contributed by atoms with van der Waals surface area (Å²) in [5, 5.41) is 2.95. The van der Waals surface area contributed by atoms with Gasteiger partial charge in [-0.25, -0.2) is 10.9 Å². The normalized spacial score (nSPS) is 21.4. The Morgan fingerprint density at radius 1 is 1.25 bits per heavy atom. The van der Waals surface area contributed by atoms with Crippen molar-refractivity contribution in [1.29, 1.82) is 0 Å². The van der Waals surface area contributed by atoms with Gasteiger partial charge in [-0.2, -0.15) is 0 Å². The van der Waals surface area contributed by atoms with Gasteiger partial charge >= 0.3 is 0 Å². The Bertz CT molecular complexity index is 453. The summed E-state index contributed by atoms with van der Waals surface area (Å²) in [7, 11) is 0.187. The second kappa shape index (κ2) is 5.58. The molecule has 1 heterocycles. The van der Waals surface area contributed by atoms with E-state index < -0.39 is 0 Å². The Labute approximate surface area is 101 Å². The molecule has 0 aliphatic carbocycles. The number of benzene rings is 1. The van der Waals surface area contributed by atoms with E-state index in [0.717, 1.165) is 6.42 Å². The molecule has 0 aromatic heterocycles. The third-order valence-electron chi connectivity index (χ3n) is 3.36. The summed E-state index contributed by atoms with van der Waals surface area (Å²) in [6.45, 7) is 4.58. The molecule has 0 nitrogen and oxygen atoms in total. The first-order valence-corrected chi connectivity index (χ1v) is 8.05. The van der Waals surface area contributed by atoms with Gasteiger partial charge in [0.1, 0.15) is 0 Å². The highest BCUT2D eigenvalue weighted by atomic mass is 32.2. The highest BCUT2D eigenvalue weighted by Gasteiger charge is 2.12. The van der Waals surface area contributed by atoms with Gasteiger partial charge in [-0.05, 0) is 53.0 Å². The topological polar surface area (TPSA) is 0 Å². The third-order valence-corrected chi connectivity index (χ3v) is 6.26. The fourth-order valence-corrected chi connectivity index (χ4v) is 5.10. The molecule has 1 aromatic rings. The minimum Gasteiger partial charge on any atom is -0.230 e. The molecule has 0 radical (unpaired) electrons. The van der Waals surface area contributed by atoms with E-state index in [-0.39, 0.29) is 10.9 Å². The van der Waals surface area contributed by atoms with E-state index >= 15 is 0 Å². The van der Waals surface area contributed by atoms with Crippen LogP contribution >= 0.6 is 10.9 Å². The lowest BCUT2D eigenvalue weighted by molar-refractivity contribution is 0.949. The van der Waals surface area contributed by atoms with Crippen molar-refractivity contribution >= 4 is 21.9 Å². The maximum Gasteiger partial charge on any atom is -0.0112 e. The van der Waals surface area contributed by atoms with Gasteiger partial charge in [-0.3, -0.25) is 0 Å². The Kier molecular flexibility index (Phi) is 4.11. The molecule has 2 rings (SSSR count). The van der Waals surface area contributed by atoms with Crippen LogP contribution in [0.25, 0.3) is 11.0 Å². The fraction of sp³-hybridized carbons (Fsp3) is 0.467. The average molecular weight is 234 g/mol.